The first kappa shape index (κ1) is 24.3. The lowest BCUT2D eigenvalue weighted by Crippen LogP contribution is -2.60. The van der Waals surface area contributed by atoms with Crippen LogP contribution in [0, 0.1) is 0 Å². The van der Waals surface area contributed by atoms with Gasteiger partial charge in [-0.05, 0) is 43.6 Å². The molecule has 8 nitrogen and oxygen atoms in total. The SMILES string of the molecule is CCC(C)c1nc(Nc2ccc3c(c2)OCC2CN(C4CCN(SC)CC4)CCN32)ncc1C=O. The fraction of sp³-hybridized carbons (Fsp3) is 0.577. The second kappa shape index (κ2) is 10.7. The van der Waals surface area contributed by atoms with Crippen molar-refractivity contribution in [2.24, 2.45) is 0 Å². The van der Waals surface area contributed by atoms with Crippen LogP contribution in [-0.2, 0) is 0 Å². The van der Waals surface area contributed by atoms with Crippen molar-refractivity contribution in [1.29, 1.82) is 0 Å². The minimum atomic E-state index is 0.194. The van der Waals surface area contributed by atoms with Crippen LogP contribution in [0.4, 0.5) is 17.3 Å². The highest BCUT2D eigenvalue weighted by molar-refractivity contribution is 7.96. The Labute approximate surface area is 212 Å². The topological polar surface area (TPSA) is 73.8 Å². The number of anilines is 3. The van der Waals surface area contributed by atoms with E-state index in [4.69, 9.17) is 4.74 Å². The third-order valence-electron chi connectivity index (χ3n) is 7.72. The van der Waals surface area contributed by atoms with Gasteiger partial charge in [0.15, 0.2) is 6.29 Å². The monoisotopic (exact) mass is 496 g/mol. The number of aromatic nitrogens is 2. The molecule has 2 fully saturated rings. The van der Waals surface area contributed by atoms with Crippen LogP contribution in [0.2, 0.25) is 0 Å². The van der Waals surface area contributed by atoms with Crippen LogP contribution in [0.3, 0.4) is 0 Å². The summed E-state index contributed by atoms with van der Waals surface area (Å²) < 4.78 is 8.73. The van der Waals surface area contributed by atoms with E-state index in [2.05, 4.69) is 61.6 Å². The lowest BCUT2D eigenvalue weighted by Gasteiger charge is -2.49. The summed E-state index contributed by atoms with van der Waals surface area (Å²) in [5.41, 5.74) is 3.39. The van der Waals surface area contributed by atoms with Crippen LogP contribution in [-0.4, -0.2) is 83.1 Å². The molecule has 9 heteroatoms. The number of hydrogen-bond acceptors (Lipinski definition) is 9. The molecule has 1 aromatic carbocycles. The van der Waals surface area contributed by atoms with Crippen molar-refractivity contribution in [2.45, 2.75) is 51.1 Å². The molecule has 3 aliphatic rings. The minimum Gasteiger partial charge on any atom is -0.489 e. The lowest BCUT2D eigenvalue weighted by molar-refractivity contribution is 0.0993. The maximum Gasteiger partial charge on any atom is 0.227 e. The predicted octanol–water partition coefficient (Wildman–Crippen LogP) is 4.17. The van der Waals surface area contributed by atoms with Gasteiger partial charge in [0.2, 0.25) is 5.95 Å². The molecule has 2 aromatic rings. The summed E-state index contributed by atoms with van der Waals surface area (Å²) in [7, 11) is 0. The van der Waals surface area contributed by atoms with E-state index < -0.39 is 0 Å². The summed E-state index contributed by atoms with van der Waals surface area (Å²) in [6.45, 7) is 10.5. The van der Waals surface area contributed by atoms with Crippen LogP contribution < -0.4 is 15.0 Å². The number of carbonyl (C=O) groups is 1. The average Bonchev–Trinajstić information content (AvgIpc) is 2.92. The maximum absolute atomic E-state index is 11.4. The Hall–Kier alpha value is -2.36. The van der Waals surface area contributed by atoms with Crippen molar-refractivity contribution in [3.63, 3.8) is 0 Å². The van der Waals surface area contributed by atoms with Crippen LogP contribution in [0.15, 0.2) is 24.4 Å². The number of fused-ring (bicyclic) bond motifs is 3. The number of nitrogens with one attached hydrogen (secondary N) is 1. The first-order valence-electron chi connectivity index (χ1n) is 12.7. The Kier molecular flexibility index (Phi) is 7.45. The number of benzene rings is 1. The molecule has 188 valence electrons. The molecule has 0 saturated carbocycles. The molecule has 4 heterocycles. The summed E-state index contributed by atoms with van der Waals surface area (Å²) in [4.78, 5) is 25.6. The van der Waals surface area contributed by atoms with Gasteiger partial charge in [-0.25, -0.2) is 9.97 Å². The van der Waals surface area contributed by atoms with Gasteiger partial charge < -0.3 is 15.0 Å². The number of aldehydes is 1. The molecule has 1 aromatic heterocycles. The largest absolute Gasteiger partial charge is 0.489 e. The van der Waals surface area contributed by atoms with Crippen molar-refractivity contribution < 1.29 is 9.53 Å². The second-order valence-electron chi connectivity index (χ2n) is 9.76. The number of piperazine rings is 1. The van der Waals surface area contributed by atoms with Gasteiger partial charge in [-0.15, -0.1) is 0 Å². The number of rotatable bonds is 7. The van der Waals surface area contributed by atoms with E-state index in [1.54, 1.807) is 6.20 Å². The third-order valence-corrected chi connectivity index (χ3v) is 8.60. The van der Waals surface area contributed by atoms with Crippen LogP contribution >= 0.6 is 11.9 Å². The molecule has 0 aliphatic carbocycles. The first-order valence-corrected chi connectivity index (χ1v) is 13.9. The fourth-order valence-corrected chi connectivity index (χ4v) is 6.04. The Balaban J connectivity index is 1.26. The van der Waals surface area contributed by atoms with E-state index in [9.17, 15) is 4.79 Å². The summed E-state index contributed by atoms with van der Waals surface area (Å²) in [5, 5.41) is 3.30. The lowest BCUT2D eigenvalue weighted by atomic mass is 10.0. The summed E-state index contributed by atoms with van der Waals surface area (Å²) in [6, 6.07) is 7.34. The van der Waals surface area contributed by atoms with Gasteiger partial charge in [0.05, 0.1) is 23.0 Å². The van der Waals surface area contributed by atoms with Crippen LogP contribution in [0.1, 0.15) is 55.1 Å². The van der Waals surface area contributed by atoms with Crippen molar-refractivity contribution in [2.75, 3.05) is 55.8 Å². The van der Waals surface area contributed by atoms with Crippen LogP contribution in [0.25, 0.3) is 0 Å². The highest BCUT2D eigenvalue weighted by Crippen LogP contribution is 2.38. The van der Waals surface area contributed by atoms with Crippen molar-refractivity contribution in [3.8, 4) is 5.75 Å². The van der Waals surface area contributed by atoms with E-state index in [1.807, 2.05) is 18.0 Å². The van der Waals surface area contributed by atoms with Gasteiger partial charge in [-0.2, -0.15) is 0 Å². The van der Waals surface area contributed by atoms with Gasteiger partial charge in [0.25, 0.3) is 0 Å². The molecule has 35 heavy (non-hydrogen) atoms. The highest BCUT2D eigenvalue weighted by Gasteiger charge is 2.36. The number of hydrogen-bond donors (Lipinski definition) is 1. The highest BCUT2D eigenvalue weighted by atomic mass is 32.2. The predicted molar refractivity (Wildman–Crippen MR) is 142 cm³/mol. The van der Waals surface area contributed by atoms with E-state index in [1.165, 1.54) is 31.6 Å². The van der Waals surface area contributed by atoms with Crippen molar-refractivity contribution >= 4 is 35.6 Å². The molecule has 2 saturated heterocycles. The number of nitrogens with zero attached hydrogens (tertiary/aromatic N) is 5. The number of carbonyl (C=O) groups excluding carboxylic acids is 1. The second-order valence-corrected chi connectivity index (χ2v) is 10.6. The number of ether oxygens (including phenoxy) is 1. The number of piperidine rings is 1. The molecule has 0 amide bonds. The molecule has 5 rings (SSSR count). The zero-order valence-electron chi connectivity index (χ0n) is 20.9. The summed E-state index contributed by atoms with van der Waals surface area (Å²) in [5.74, 6) is 1.60. The van der Waals surface area contributed by atoms with Gasteiger partial charge >= 0.3 is 0 Å². The normalized spacial score (nSPS) is 22.1. The standard InChI is InChI=1S/C26H36N6O2S/c1-4-18(2)25-19(16-33)14-27-26(29-25)28-20-5-6-23-24(13-20)34-17-22-15-30(11-12-32(22)23)21-7-9-31(35-3)10-8-21/h5-6,13-14,16,18,21-22H,4,7-12,15,17H2,1-3H3,(H,27,28,29). The smallest absolute Gasteiger partial charge is 0.227 e. The molecule has 3 aliphatic heterocycles. The zero-order valence-corrected chi connectivity index (χ0v) is 21.8. The summed E-state index contributed by atoms with van der Waals surface area (Å²) >= 11 is 1.87. The Morgan fingerprint density at radius 2 is 2.06 bits per heavy atom. The fourth-order valence-electron chi connectivity index (χ4n) is 5.46. The average molecular weight is 497 g/mol. The minimum absolute atomic E-state index is 0.194. The molecular weight excluding hydrogens is 460 g/mol. The zero-order chi connectivity index (χ0) is 24.4. The Morgan fingerprint density at radius 3 is 2.80 bits per heavy atom. The summed E-state index contributed by atoms with van der Waals surface area (Å²) in [6.07, 6.45) is 8.05. The van der Waals surface area contributed by atoms with Gasteiger partial charge in [-0.1, -0.05) is 25.8 Å². The Morgan fingerprint density at radius 1 is 1.23 bits per heavy atom. The van der Waals surface area contributed by atoms with E-state index in [0.717, 1.165) is 49.5 Å². The van der Waals surface area contributed by atoms with E-state index >= 15 is 0 Å². The molecule has 0 radical (unpaired) electrons. The third kappa shape index (κ3) is 5.13. The van der Waals surface area contributed by atoms with E-state index in [0.29, 0.717) is 30.2 Å². The van der Waals surface area contributed by atoms with Gasteiger partial charge in [0.1, 0.15) is 12.4 Å². The van der Waals surface area contributed by atoms with Crippen molar-refractivity contribution in [1.82, 2.24) is 19.2 Å². The molecule has 2 unspecified atom stereocenters. The van der Waals surface area contributed by atoms with Gasteiger partial charge in [-0.3, -0.25) is 14.0 Å². The van der Waals surface area contributed by atoms with Crippen LogP contribution in [0.5, 0.6) is 5.75 Å². The molecule has 0 bridgehead atoms. The molecule has 2 atom stereocenters. The quantitative estimate of drug-likeness (QED) is 0.449. The molecule has 1 N–H and O–H groups in total. The molecular formula is C26H36N6O2S. The van der Waals surface area contributed by atoms with Gasteiger partial charge in [0, 0.05) is 56.7 Å². The molecule has 0 spiro atoms. The van der Waals surface area contributed by atoms with E-state index in [-0.39, 0.29) is 5.92 Å². The maximum atomic E-state index is 11.4. The first-order chi connectivity index (χ1) is 17.1. The van der Waals surface area contributed by atoms with Crippen molar-refractivity contribution in [3.05, 3.63) is 35.7 Å². The Bertz CT molecular complexity index is 1040.